The smallest absolute Gasteiger partial charge is 0.250 e. The van der Waals surface area contributed by atoms with Crippen LogP contribution < -0.4 is 11.1 Å². The zero-order valence-electron chi connectivity index (χ0n) is 17.4. The molecule has 0 aromatic heterocycles. The van der Waals surface area contributed by atoms with Crippen LogP contribution in [0.5, 0.6) is 0 Å². The minimum absolute atomic E-state index is 0.0317. The number of nitrogens with zero attached hydrogens (tertiary/aromatic N) is 1. The maximum absolute atomic E-state index is 15.3. The molecule has 1 saturated heterocycles. The lowest BCUT2D eigenvalue weighted by Crippen LogP contribution is -2.53. The quantitative estimate of drug-likeness (QED) is 0.620. The molecule has 31 heavy (non-hydrogen) atoms. The van der Waals surface area contributed by atoms with Gasteiger partial charge in [-0.2, -0.15) is 0 Å². The van der Waals surface area contributed by atoms with Crippen LogP contribution in [0.2, 0.25) is 10.0 Å². The predicted molar refractivity (Wildman–Crippen MR) is 121 cm³/mol. The van der Waals surface area contributed by atoms with Crippen LogP contribution >= 0.6 is 23.2 Å². The highest BCUT2D eigenvalue weighted by molar-refractivity contribution is 6.31. The highest BCUT2D eigenvalue weighted by atomic mass is 35.5. The van der Waals surface area contributed by atoms with Crippen molar-refractivity contribution in [1.29, 1.82) is 0 Å². The standard InChI is InChI=1S/C23H26Cl2FN3O2/c1-12(2)8-9-29-18(11-30)21(27)19(14-4-3-5-16(25)20(14)26)23(29)15-7-6-13(24)10-17(15)28-22(23)31/h3-7,10,12,18-19,21,30H,8-9,11,27H2,1-2H3,(H,28,31)/t18-,19-,21+,23+/m0/s1. The van der Waals surface area contributed by atoms with Crippen LogP contribution in [0, 0.1) is 11.7 Å². The summed E-state index contributed by atoms with van der Waals surface area (Å²) in [5.41, 5.74) is 6.91. The maximum atomic E-state index is 15.3. The van der Waals surface area contributed by atoms with Crippen molar-refractivity contribution in [3.8, 4) is 0 Å². The monoisotopic (exact) mass is 465 g/mol. The second kappa shape index (κ2) is 8.34. The van der Waals surface area contributed by atoms with Gasteiger partial charge in [-0.1, -0.05) is 55.2 Å². The molecule has 2 aromatic rings. The number of nitrogens with two attached hydrogens (primary N) is 1. The molecule has 4 N–H and O–H groups in total. The molecule has 0 unspecified atom stereocenters. The number of aliphatic hydroxyl groups excluding tert-OH is 1. The number of aliphatic hydroxyl groups is 1. The molecular weight excluding hydrogens is 440 g/mol. The Morgan fingerprint density at radius 2 is 2.03 bits per heavy atom. The van der Waals surface area contributed by atoms with Crippen LogP contribution in [0.4, 0.5) is 10.1 Å². The Kier molecular flexibility index (Phi) is 6.05. The van der Waals surface area contributed by atoms with Crippen molar-refractivity contribution in [2.24, 2.45) is 11.7 Å². The lowest BCUT2D eigenvalue weighted by molar-refractivity contribution is -0.128. The third kappa shape index (κ3) is 3.36. The minimum atomic E-state index is -1.28. The lowest BCUT2D eigenvalue weighted by atomic mass is 9.73. The Hall–Kier alpha value is -1.70. The number of amides is 1. The summed E-state index contributed by atoms with van der Waals surface area (Å²) in [4.78, 5) is 15.7. The zero-order valence-corrected chi connectivity index (χ0v) is 18.9. The summed E-state index contributed by atoms with van der Waals surface area (Å²) in [5.74, 6) is -1.28. The number of halogens is 3. The fourth-order valence-electron chi connectivity index (χ4n) is 5.19. The molecule has 2 aromatic carbocycles. The van der Waals surface area contributed by atoms with Gasteiger partial charge in [0.2, 0.25) is 5.91 Å². The first-order valence-corrected chi connectivity index (χ1v) is 11.2. The Labute approximate surface area is 191 Å². The molecule has 4 atom stereocenters. The molecule has 1 amide bonds. The summed E-state index contributed by atoms with van der Waals surface area (Å²) >= 11 is 12.3. The molecular formula is C23H26Cl2FN3O2. The van der Waals surface area contributed by atoms with Gasteiger partial charge in [0.25, 0.3) is 0 Å². The van der Waals surface area contributed by atoms with Gasteiger partial charge in [-0.25, -0.2) is 4.39 Å². The number of likely N-dealkylation sites (tertiary alicyclic amines) is 1. The minimum Gasteiger partial charge on any atom is -0.395 e. The largest absolute Gasteiger partial charge is 0.395 e. The molecule has 1 spiro atoms. The van der Waals surface area contributed by atoms with Gasteiger partial charge in [-0.05, 0) is 36.1 Å². The van der Waals surface area contributed by atoms with Crippen LogP contribution in [0.3, 0.4) is 0 Å². The third-order valence-corrected chi connectivity index (χ3v) is 7.10. The van der Waals surface area contributed by atoms with Gasteiger partial charge in [0, 0.05) is 40.8 Å². The molecule has 8 heteroatoms. The van der Waals surface area contributed by atoms with Crippen molar-refractivity contribution in [2.45, 2.75) is 43.8 Å². The number of carbonyl (C=O) groups is 1. The van der Waals surface area contributed by atoms with Crippen LogP contribution in [0.1, 0.15) is 37.3 Å². The van der Waals surface area contributed by atoms with E-state index < -0.39 is 29.4 Å². The number of hydrogen-bond donors (Lipinski definition) is 3. The first-order valence-electron chi connectivity index (χ1n) is 10.4. The van der Waals surface area contributed by atoms with E-state index in [0.29, 0.717) is 28.7 Å². The summed E-state index contributed by atoms with van der Waals surface area (Å²) < 4.78 is 15.3. The van der Waals surface area contributed by atoms with E-state index in [1.807, 2.05) is 4.90 Å². The molecule has 0 radical (unpaired) electrons. The van der Waals surface area contributed by atoms with E-state index in [1.54, 1.807) is 30.3 Å². The zero-order chi connectivity index (χ0) is 22.5. The highest BCUT2D eigenvalue weighted by Crippen LogP contribution is 2.57. The summed E-state index contributed by atoms with van der Waals surface area (Å²) in [6, 6.07) is 8.71. The van der Waals surface area contributed by atoms with E-state index in [1.165, 1.54) is 6.07 Å². The molecule has 1 fully saturated rings. The van der Waals surface area contributed by atoms with Gasteiger partial charge in [0.05, 0.1) is 11.6 Å². The molecule has 4 rings (SSSR count). The Bertz CT molecular complexity index is 1020. The Morgan fingerprint density at radius 1 is 1.29 bits per heavy atom. The molecule has 2 aliphatic rings. The van der Waals surface area contributed by atoms with Gasteiger partial charge in [0.15, 0.2) is 0 Å². The SMILES string of the molecule is CC(C)CCN1[C@@H](CO)[C@@H](N)[C@H](c2cccc(Cl)c2F)[C@]12C(=O)Nc1cc(Cl)ccc12. The second-order valence-corrected chi connectivity index (χ2v) is 9.58. The molecule has 2 aliphatic heterocycles. The van der Waals surface area contributed by atoms with Crippen molar-refractivity contribution in [2.75, 3.05) is 18.5 Å². The number of carbonyl (C=O) groups excluding carboxylic acids is 1. The maximum Gasteiger partial charge on any atom is 0.250 e. The summed E-state index contributed by atoms with van der Waals surface area (Å²) in [6.45, 7) is 4.45. The first kappa shape index (κ1) is 22.5. The van der Waals surface area contributed by atoms with Gasteiger partial charge in [0.1, 0.15) is 11.4 Å². The van der Waals surface area contributed by atoms with E-state index in [4.69, 9.17) is 28.9 Å². The predicted octanol–water partition coefficient (Wildman–Crippen LogP) is 4.11. The number of fused-ring (bicyclic) bond motifs is 2. The number of nitrogens with one attached hydrogen (secondary N) is 1. The van der Waals surface area contributed by atoms with Crippen molar-refractivity contribution >= 4 is 34.8 Å². The highest BCUT2D eigenvalue weighted by Gasteiger charge is 2.66. The van der Waals surface area contributed by atoms with Crippen LogP contribution in [-0.4, -0.2) is 41.1 Å². The van der Waals surface area contributed by atoms with E-state index in [-0.39, 0.29) is 23.1 Å². The van der Waals surface area contributed by atoms with Crippen molar-refractivity contribution in [1.82, 2.24) is 4.90 Å². The molecule has 5 nitrogen and oxygen atoms in total. The van der Waals surface area contributed by atoms with Gasteiger partial charge in [-0.15, -0.1) is 0 Å². The van der Waals surface area contributed by atoms with Crippen molar-refractivity contribution < 1.29 is 14.3 Å². The fourth-order valence-corrected chi connectivity index (χ4v) is 5.54. The van der Waals surface area contributed by atoms with Crippen molar-refractivity contribution in [3.05, 3.63) is 63.4 Å². The van der Waals surface area contributed by atoms with Gasteiger partial charge in [-0.3, -0.25) is 9.69 Å². The van der Waals surface area contributed by atoms with Gasteiger partial charge >= 0.3 is 0 Å². The third-order valence-electron chi connectivity index (χ3n) is 6.57. The van der Waals surface area contributed by atoms with Crippen LogP contribution in [-0.2, 0) is 10.3 Å². The summed E-state index contributed by atoms with van der Waals surface area (Å²) in [7, 11) is 0. The number of anilines is 1. The summed E-state index contributed by atoms with van der Waals surface area (Å²) in [6.07, 6.45) is 0.784. The first-order chi connectivity index (χ1) is 14.7. The fraction of sp³-hybridized carbons (Fsp3) is 0.435. The van der Waals surface area contributed by atoms with Crippen molar-refractivity contribution in [3.63, 3.8) is 0 Å². The summed E-state index contributed by atoms with van der Waals surface area (Å²) in [5, 5.41) is 13.7. The molecule has 2 heterocycles. The Morgan fingerprint density at radius 3 is 2.71 bits per heavy atom. The van der Waals surface area contributed by atoms with E-state index >= 15 is 4.39 Å². The molecule has 0 bridgehead atoms. The molecule has 166 valence electrons. The van der Waals surface area contributed by atoms with Gasteiger partial charge < -0.3 is 16.2 Å². The van der Waals surface area contributed by atoms with Crippen LogP contribution in [0.15, 0.2) is 36.4 Å². The number of hydrogen-bond acceptors (Lipinski definition) is 4. The normalized spacial score (nSPS) is 27.9. The molecule has 0 aliphatic carbocycles. The Balaban J connectivity index is 2.00. The van der Waals surface area contributed by atoms with Crippen LogP contribution in [0.25, 0.3) is 0 Å². The number of benzene rings is 2. The van der Waals surface area contributed by atoms with E-state index in [9.17, 15) is 9.90 Å². The molecule has 0 saturated carbocycles. The lowest BCUT2D eigenvalue weighted by Gasteiger charge is -2.39. The topological polar surface area (TPSA) is 78.6 Å². The average molecular weight is 466 g/mol. The second-order valence-electron chi connectivity index (χ2n) is 8.73. The average Bonchev–Trinajstić information content (AvgIpc) is 3.13. The van der Waals surface area contributed by atoms with E-state index in [2.05, 4.69) is 19.2 Å². The number of rotatable bonds is 5. The van der Waals surface area contributed by atoms with E-state index in [0.717, 1.165) is 6.42 Å².